The lowest BCUT2D eigenvalue weighted by molar-refractivity contribution is -0.137. The summed E-state index contributed by atoms with van der Waals surface area (Å²) in [6.07, 6.45) is -0.631. The Morgan fingerprint density at radius 1 is 1.03 bits per heavy atom. The van der Waals surface area contributed by atoms with Crippen LogP contribution in [-0.2, 0) is 9.53 Å². The predicted molar refractivity (Wildman–Crippen MR) is 137 cm³/mol. The molecule has 7 nitrogen and oxygen atoms in total. The highest BCUT2D eigenvalue weighted by molar-refractivity contribution is 9.10. The SMILES string of the molecule is CCN(CC(=O)O)C(=O)c1cc(NC(=O)OCC2c3ccccc3-c3ccccc32)c(C)cc1Br. The normalized spacial score (nSPS) is 12.0. The van der Waals surface area contributed by atoms with E-state index in [0.717, 1.165) is 27.8 Å². The van der Waals surface area contributed by atoms with E-state index >= 15 is 0 Å². The maximum absolute atomic E-state index is 12.9. The van der Waals surface area contributed by atoms with Crippen LogP contribution in [0, 0.1) is 6.92 Å². The van der Waals surface area contributed by atoms with Crippen LogP contribution in [0.2, 0.25) is 0 Å². The maximum atomic E-state index is 12.9. The molecular weight excluding hydrogens is 512 g/mol. The van der Waals surface area contributed by atoms with Gasteiger partial charge in [-0.1, -0.05) is 48.5 Å². The molecular formula is C27H25BrN2O5. The number of nitrogens with one attached hydrogen (secondary N) is 1. The number of ether oxygens (including phenoxy) is 1. The number of aryl methyl sites for hydroxylation is 1. The minimum absolute atomic E-state index is 0.0644. The van der Waals surface area contributed by atoms with Crippen molar-refractivity contribution in [2.45, 2.75) is 19.8 Å². The first-order valence-corrected chi connectivity index (χ1v) is 12.0. The summed E-state index contributed by atoms with van der Waals surface area (Å²) >= 11 is 3.38. The molecule has 0 heterocycles. The van der Waals surface area contributed by atoms with Crippen LogP contribution in [0.3, 0.4) is 0 Å². The number of halogens is 1. The van der Waals surface area contributed by atoms with Crippen molar-refractivity contribution in [3.63, 3.8) is 0 Å². The molecule has 2 amide bonds. The van der Waals surface area contributed by atoms with Gasteiger partial charge in [0, 0.05) is 22.6 Å². The van der Waals surface area contributed by atoms with Crippen LogP contribution < -0.4 is 5.32 Å². The second-order valence-electron chi connectivity index (χ2n) is 8.31. The van der Waals surface area contributed by atoms with E-state index in [1.54, 1.807) is 19.9 Å². The Bertz CT molecular complexity index is 1260. The molecule has 3 aromatic carbocycles. The summed E-state index contributed by atoms with van der Waals surface area (Å²) in [6, 6.07) is 19.4. The molecule has 35 heavy (non-hydrogen) atoms. The van der Waals surface area contributed by atoms with Crippen LogP contribution >= 0.6 is 15.9 Å². The zero-order valence-corrected chi connectivity index (χ0v) is 21.0. The fraction of sp³-hybridized carbons (Fsp3) is 0.222. The number of likely N-dealkylation sites (N-methyl/N-ethyl adjacent to an activating group) is 1. The number of benzene rings is 3. The van der Waals surface area contributed by atoms with E-state index in [-0.39, 0.29) is 24.6 Å². The highest BCUT2D eigenvalue weighted by atomic mass is 79.9. The number of aliphatic carboxylic acids is 1. The summed E-state index contributed by atoms with van der Waals surface area (Å²) in [6.45, 7) is 3.50. The summed E-state index contributed by atoms with van der Waals surface area (Å²) in [5, 5.41) is 11.8. The smallest absolute Gasteiger partial charge is 0.411 e. The molecule has 0 radical (unpaired) electrons. The number of amides is 2. The molecule has 0 bridgehead atoms. The summed E-state index contributed by atoms with van der Waals surface area (Å²) in [5.41, 5.74) is 5.92. The highest BCUT2D eigenvalue weighted by Gasteiger charge is 2.29. The Morgan fingerprint density at radius 3 is 2.20 bits per heavy atom. The Hall–Kier alpha value is -3.65. The molecule has 3 aromatic rings. The van der Waals surface area contributed by atoms with Gasteiger partial charge in [-0.15, -0.1) is 0 Å². The van der Waals surface area contributed by atoms with Crippen molar-refractivity contribution < 1.29 is 24.2 Å². The van der Waals surface area contributed by atoms with E-state index < -0.39 is 24.5 Å². The van der Waals surface area contributed by atoms with Crippen LogP contribution in [0.15, 0.2) is 65.1 Å². The van der Waals surface area contributed by atoms with Gasteiger partial charge in [0.05, 0.1) is 5.56 Å². The molecule has 0 aromatic heterocycles. The van der Waals surface area contributed by atoms with Crippen molar-refractivity contribution in [3.8, 4) is 11.1 Å². The van der Waals surface area contributed by atoms with Gasteiger partial charge in [0.25, 0.3) is 5.91 Å². The number of rotatable bonds is 7. The van der Waals surface area contributed by atoms with E-state index in [0.29, 0.717) is 10.2 Å². The van der Waals surface area contributed by atoms with E-state index in [9.17, 15) is 14.4 Å². The molecule has 0 unspecified atom stereocenters. The number of hydrogen-bond donors (Lipinski definition) is 2. The fourth-order valence-electron chi connectivity index (χ4n) is 4.38. The highest BCUT2D eigenvalue weighted by Crippen LogP contribution is 2.44. The molecule has 180 valence electrons. The minimum atomic E-state index is -1.10. The van der Waals surface area contributed by atoms with E-state index in [1.165, 1.54) is 11.0 Å². The first kappa shape index (κ1) is 24.5. The Morgan fingerprint density at radius 2 is 1.63 bits per heavy atom. The summed E-state index contributed by atoms with van der Waals surface area (Å²) in [7, 11) is 0. The lowest BCUT2D eigenvalue weighted by Gasteiger charge is -2.20. The molecule has 0 fully saturated rings. The Labute approximate surface area is 211 Å². The summed E-state index contributed by atoms with van der Waals surface area (Å²) in [5.74, 6) is -1.61. The molecule has 0 atom stereocenters. The van der Waals surface area contributed by atoms with Gasteiger partial charge in [0.1, 0.15) is 13.2 Å². The van der Waals surface area contributed by atoms with Gasteiger partial charge in [-0.05, 0) is 69.7 Å². The fourth-order valence-corrected chi connectivity index (χ4v) is 5.00. The van der Waals surface area contributed by atoms with Crippen LogP contribution in [-0.4, -0.2) is 47.7 Å². The molecule has 8 heteroatoms. The molecule has 1 aliphatic carbocycles. The standard InChI is InChI=1S/C27H25BrN2O5/c1-3-30(14-25(31)32)26(33)21-13-24(16(2)12-23(21)28)29-27(34)35-15-22-19-10-6-4-8-17(19)18-9-5-7-11-20(18)22/h4-13,22H,3,14-15H2,1-2H3,(H,29,34)(H,31,32). The summed E-state index contributed by atoms with van der Waals surface area (Å²) < 4.78 is 6.13. The summed E-state index contributed by atoms with van der Waals surface area (Å²) in [4.78, 5) is 38.0. The zero-order valence-electron chi connectivity index (χ0n) is 19.4. The van der Waals surface area contributed by atoms with E-state index in [4.69, 9.17) is 9.84 Å². The number of carboxylic acids is 1. The number of hydrogen-bond acceptors (Lipinski definition) is 4. The molecule has 4 rings (SSSR count). The van der Waals surface area contributed by atoms with Gasteiger partial charge in [-0.2, -0.15) is 0 Å². The van der Waals surface area contributed by atoms with Crippen LogP contribution in [0.1, 0.15) is 39.9 Å². The van der Waals surface area contributed by atoms with Gasteiger partial charge >= 0.3 is 12.1 Å². The third-order valence-electron chi connectivity index (χ3n) is 6.12. The van der Waals surface area contributed by atoms with Crippen LogP contribution in [0.5, 0.6) is 0 Å². The molecule has 0 saturated carbocycles. The predicted octanol–water partition coefficient (Wildman–Crippen LogP) is 5.67. The average Bonchev–Trinajstić information content (AvgIpc) is 3.16. The van der Waals surface area contributed by atoms with Crippen molar-refractivity contribution in [2.24, 2.45) is 0 Å². The number of fused-ring (bicyclic) bond motifs is 3. The van der Waals surface area contributed by atoms with Crippen molar-refractivity contribution in [1.29, 1.82) is 0 Å². The Kier molecular flexibility index (Phi) is 7.21. The number of carbonyl (C=O) groups is 3. The quantitative estimate of drug-likeness (QED) is 0.405. The van der Waals surface area contributed by atoms with Gasteiger partial charge in [0.15, 0.2) is 0 Å². The first-order chi connectivity index (χ1) is 16.8. The third-order valence-corrected chi connectivity index (χ3v) is 6.78. The lowest BCUT2D eigenvalue weighted by atomic mass is 9.98. The lowest BCUT2D eigenvalue weighted by Crippen LogP contribution is -2.35. The van der Waals surface area contributed by atoms with Gasteiger partial charge < -0.3 is 14.7 Å². The van der Waals surface area contributed by atoms with Crippen molar-refractivity contribution in [1.82, 2.24) is 4.90 Å². The molecule has 2 N–H and O–H groups in total. The van der Waals surface area contributed by atoms with Gasteiger partial charge in [-0.25, -0.2) is 4.79 Å². The number of carbonyl (C=O) groups excluding carboxylic acids is 2. The van der Waals surface area contributed by atoms with Gasteiger partial charge in [-0.3, -0.25) is 14.9 Å². The van der Waals surface area contributed by atoms with Crippen LogP contribution in [0.25, 0.3) is 11.1 Å². The Balaban J connectivity index is 1.50. The topological polar surface area (TPSA) is 95.9 Å². The van der Waals surface area contributed by atoms with E-state index in [1.807, 2.05) is 24.3 Å². The second-order valence-corrected chi connectivity index (χ2v) is 9.16. The molecule has 1 aliphatic rings. The monoisotopic (exact) mass is 536 g/mol. The van der Waals surface area contributed by atoms with Crippen molar-refractivity contribution in [2.75, 3.05) is 25.0 Å². The van der Waals surface area contributed by atoms with E-state index in [2.05, 4.69) is 45.5 Å². The maximum Gasteiger partial charge on any atom is 0.411 e. The molecule has 0 aliphatic heterocycles. The number of nitrogens with zero attached hydrogens (tertiary/aromatic N) is 1. The minimum Gasteiger partial charge on any atom is -0.480 e. The number of anilines is 1. The largest absolute Gasteiger partial charge is 0.480 e. The third kappa shape index (κ3) is 5.07. The van der Waals surface area contributed by atoms with Gasteiger partial charge in [0.2, 0.25) is 0 Å². The van der Waals surface area contributed by atoms with Crippen molar-refractivity contribution in [3.05, 3.63) is 87.4 Å². The van der Waals surface area contributed by atoms with Crippen molar-refractivity contribution >= 4 is 39.6 Å². The van der Waals surface area contributed by atoms with Crippen LogP contribution in [0.4, 0.5) is 10.5 Å². The second kappa shape index (κ2) is 10.3. The average molecular weight is 537 g/mol. The molecule has 0 spiro atoms. The first-order valence-electron chi connectivity index (χ1n) is 11.2. The zero-order chi connectivity index (χ0) is 25.1. The molecule has 0 saturated heterocycles. The number of carboxylic acid groups (broad SMARTS) is 1.